The average Bonchev–Trinajstić information content (AvgIpc) is 3.28. The number of pyridine rings is 1. The summed E-state index contributed by atoms with van der Waals surface area (Å²) in [6.07, 6.45) is 0. The van der Waals surface area contributed by atoms with Crippen LogP contribution in [0.5, 0.6) is 17.4 Å². The molecule has 0 aliphatic heterocycles. The normalized spacial score (nSPS) is 11.1. The van der Waals surface area contributed by atoms with Gasteiger partial charge in [0.2, 0.25) is 11.3 Å². The van der Waals surface area contributed by atoms with Gasteiger partial charge in [-0.25, -0.2) is 13.2 Å². The van der Waals surface area contributed by atoms with E-state index in [0.717, 1.165) is 29.5 Å². The van der Waals surface area contributed by atoms with E-state index in [0.29, 0.717) is 16.7 Å². The fraction of sp³-hybridized carbons (Fsp3) is 0.103. The average molecular weight is 601 g/mol. The Hall–Kier alpha value is -4.48. The molecule has 0 amide bonds. The highest BCUT2D eigenvalue weighted by molar-refractivity contribution is 7.10. The quantitative estimate of drug-likeness (QED) is 0.205. The van der Waals surface area contributed by atoms with E-state index in [4.69, 9.17) is 21.1 Å². The van der Waals surface area contributed by atoms with Crippen molar-refractivity contribution in [2.45, 2.75) is 0 Å². The van der Waals surface area contributed by atoms with Crippen LogP contribution in [0.2, 0.25) is 5.02 Å². The Kier molecular flexibility index (Phi) is 7.65. The number of aromatic nitrogens is 2. The maximum atomic E-state index is 14.1. The molecule has 0 aliphatic carbocycles. The molecule has 0 unspecified atom stereocenters. The van der Waals surface area contributed by atoms with Crippen molar-refractivity contribution >= 4 is 39.4 Å². The number of fused-ring (bicyclic) bond motifs is 1. The molecule has 0 radical (unpaired) electrons. The van der Waals surface area contributed by atoms with Crippen molar-refractivity contribution in [1.29, 1.82) is 0 Å². The summed E-state index contributed by atoms with van der Waals surface area (Å²) in [6, 6.07) is 11.7. The van der Waals surface area contributed by atoms with Gasteiger partial charge in [0.25, 0.3) is 0 Å². The molecule has 5 aromatic rings. The van der Waals surface area contributed by atoms with Crippen molar-refractivity contribution in [3.8, 4) is 28.6 Å². The van der Waals surface area contributed by atoms with Crippen molar-refractivity contribution < 1.29 is 27.8 Å². The minimum absolute atomic E-state index is 0.0482. The smallest absolute Gasteiger partial charge is 0.307 e. The molecular weight excluding hydrogens is 581 g/mol. The third-order valence-corrected chi connectivity index (χ3v) is 7.51. The van der Waals surface area contributed by atoms with Crippen LogP contribution in [0.4, 0.5) is 13.2 Å². The standard InChI is InChI=1S/C29H20ClF3N2O5S/c1-14(27-28(37)34-29(38)41-27)15-4-8-23(19(30)11-15)39-9-10-40-26-24(16-3-6-20(32)21(33)12-16)35(2)22-7-5-17(31)13-18(22)25(26)36/h3-8,11-13,37H,1,9-10H2,2H3,(H,34,38). The van der Waals surface area contributed by atoms with E-state index >= 15 is 0 Å². The molecule has 0 bridgehead atoms. The molecule has 0 spiro atoms. The molecule has 41 heavy (non-hydrogen) atoms. The zero-order valence-electron chi connectivity index (χ0n) is 21.3. The van der Waals surface area contributed by atoms with E-state index in [1.807, 2.05) is 0 Å². The summed E-state index contributed by atoms with van der Waals surface area (Å²) in [4.78, 5) is 27.0. The van der Waals surface area contributed by atoms with Gasteiger partial charge in [0.15, 0.2) is 17.4 Å². The second-order valence-corrected chi connectivity index (χ2v) is 10.3. The number of hydrogen-bond acceptors (Lipinski definition) is 6. The van der Waals surface area contributed by atoms with Crippen molar-refractivity contribution in [1.82, 2.24) is 9.55 Å². The topological polar surface area (TPSA) is 93.5 Å². The van der Waals surface area contributed by atoms with Crippen molar-refractivity contribution in [3.63, 3.8) is 0 Å². The Morgan fingerprint density at radius 3 is 2.46 bits per heavy atom. The van der Waals surface area contributed by atoms with Crippen LogP contribution in [-0.4, -0.2) is 27.9 Å². The molecular formula is C29H20ClF3N2O5S. The Balaban J connectivity index is 1.39. The van der Waals surface area contributed by atoms with Crippen molar-refractivity contribution in [3.05, 3.63) is 114 Å². The second-order valence-electron chi connectivity index (χ2n) is 8.87. The van der Waals surface area contributed by atoms with Crippen LogP contribution >= 0.6 is 22.9 Å². The Morgan fingerprint density at radius 2 is 1.78 bits per heavy atom. The maximum Gasteiger partial charge on any atom is 0.307 e. The van der Waals surface area contributed by atoms with E-state index < -0.39 is 27.8 Å². The predicted octanol–water partition coefficient (Wildman–Crippen LogP) is 6.25. The number of benzene rings is 3. The fourth-order valence-corrected chi connectivity index (χ4v) is 5.30. The third kappa shape index (κ3) is 5.46. The van der Waals surface area contributed by atoms with E-state index in [1.165, 1.54) is 18.2 Å². The highest BCUT2D eigenvalue weighted by Gasteiger charge is 2.20. The van der Waals surface area contributed by atoms with Gasteiger partial charge in [0.05, 0.1) is 26.5 Å². The predicted molar refractivity (Wildman–Crippen MR) is 152 cm³/mol. The summed E-state index contributed by atoms with van der Waals surface area (Å²) in [5.41, 5.74) is 1.03. The Bertz CT molecular complexity index is 1950. The first-order chi connectivity index (χ1) is 19.5. The first-order valence-electron chi connectivity index (χ1n) is 12.0. The molecule has 0 saturated heterocycles. The number of aromatic hydroxyl groups is 1. The number of H-pyrrole nitrogens is 1. The molecule has 210 valence electrons. The molecule has 2 heterocycles. The summed E-state index contributed by atoms with van der Waals surface area (Å²) in [7, 11) is 1.60. The lowest BCUT2D eigenvalue weighted by molar-refractivity contribution is 0.216. The van der Waals surface area contributed by atoms with Gasteiger partial charge in [-0.2, -0.15) is 0 Å². The van der Waals surface area contributed by atoms with Gasteiger partial charge in [0.1, 0.15) is 24.8 Å². The minimum Gasteiger partial charge on any atom is -0.493 e. The summed E-state index contributed by atoms with van der Waals surface area (Å²) in [6.45, 7) is 3.69. The monoisotopic (exact) mass is 600 g/mol. The van der Waals surface area contributed by atoms with Crippen LogP contribution in [0, 0.1) is 17.5 Å². The molecule has 0 fully saturated rings. The number of rotatable bonds is 8. The van der Waals surface area contributed by atoms with Crippen molar-refractivity contribution in [2.24, 2.45) is 7.05 Å². The first-order valence-corrected chi connectivity index (χ1v) is 13.2. The van der Waals surface area contributed by atoms with Crippen LogP contribution in [0.15, 0.2) is 70.8 Å². The molecule has 3 aromatic carbocycles. The molecule has 2 N–H and O–H groups in total. The number of ether oxygens (including phenoxy) is 2. The summed E-state index contributed by atoms with van der Waals surface area (Å²) >= 11 is 7.18. The van der Waals surface area contributed by atoms with E-state index in [2.05, 4.69) is 11.6 Å². The van der Waals surface area contributed by atoms with E-state index in [1.54, 1.807) is 29.8 Å². The second kappa shape index (κ2) is 11.2. The molecule has 2 aromatic heterocycles. The van der Waals surface area contributed by atoms with Gasteiger partial charge in [-0.05, 0) is 59.7 Å². The third-order valence-electron chi connectivity index (χ3n) is 6.29. The minimum atomic E-state index is -1.11. The Labute approximate surface area is 239 Å². The van der Waals surface area contributed by atoms with E-state index in [9.17, 15) is 27.9 Å². The number of nitrogens with zero attached hydrogens (tertiary/aromatic N) is 1. The van der Waals surface area contributed by atoms with Crippen LogP contribution in [0.25, 0.3) is 27.7 Å². The highest BCUT2D eigenvalue weighted by Crippen LogP contribution is 2.35. The van der Waals surface area contributed by atoms with Gasteiger partial charge >= 0.3 is 4.87 Å². The number of halogens is 4. The molecule has 0 aliphatic rings. The summed E-state index contributed by atoms with van der Waals surface area (Å²) in [5, 5.41) is 10.2. The van der Waals surface area contributed by atoms with E-state index in [-0.39, 0.29) is 57.1 Å². The Morgan fingerprint density at radius 1 is 1.02 bits per heavy atom. The fourth-order valence-electron chi connectivity index (χ4n) is 4.34. The number of aromatic amines is 1. The number of nitrogens with one attached hydrogen (secondary N) is 1. The largest absolute Gasteiger partial charge is 0.493 e. The molecule has 5 rings (SSSR count). The van der Waals surface area contributed by atoms with Crippen LogP contribution in [-0.2, 0) is 7.05 Å². The lowest BCUT2D eigenvalue weighted by atomic mass is 10.1. The van der Waals surface area contributed by atoms with Crippen LogP contribution < -0.4 is 19.8 Å². The molecule has 12 heteroatoms. The van der Waals surface area contributed by atoms with Gasteiger partial charge in [-0.1, -0.05) is 35.6 Å². The molecule has 0 saturated carbocycles. The summed E-state index contributed by atoms with van der Waals surface area (Å²) in [5.74, 6) is -2.97. The van der Waals surface area contributed by atoms with Crippen LogP contribution in [0.3, 0.4) is 0 Å². The summed E-state index contributed by atoms with van der Waals surface area (Å²) < 4.78 is 54.8. The lowest BCUT2D eigenvalue weighted by Gasteiger charge is -2.18. The van der Waals surface area contributed by atoms with Gasteiger partial charge in [-0.15, -0.1) is 0 Å². The lowest BCUT2D eigenvalue weighted by Crippen LogP contribution is -2.19. The zero-order chi connectivity index (χ0) is 29.4. The number of aryl methyl sites for hydroxylation is 1. The first kappa shape index (κ1) is 28.1. The van der Waals surface area contributed by atoms with Crippen LogP contribution in [0.1, 0.15) is 10.4 Å². The van der Waals surface area contributed by atoms with Gasteiger partial charge < -0.3 is 19.1 Å². The number of thiazole rings is 1. The molecule has 7 nitrogen and oxygen atoms in total. The van der Waals surface area contributed by atoms with Gasteiger partial charge in [0, 0.05) is 12.6 Å². The molecule has 0 atom stereocenters. The van der Waals surface area contributed by atoms with Gasteiger partial charge in [-0.3, -0.25) is 14.6 Å². The van der Waals surface area contributed by atoms with Crippen molar-refractivity contribution in [2.75, 3.05) is 13.2 Å². The SMILES string of the molecule is C=C(c1ccc(OCCOc2c(-c3ccc(F)c(F)c3)n(C)c3ccc(F)cc3c2=O)c(Cl)c1)c1sc(=O)[nH]c1O. The highest BCUT2D eigenvalue weighted by atomic mass is 35.5. The number of hydrogen-bond donors (Lipinski definition) is 2. The zero-order valence-corrected chi connectivity index (χ0v) is 22.8. The maximum absolute atomic E-state index is 14.1.